The normalized spacial score (nSPS) is 50.1. The molecule has 1 spiro atoms. The number of allylic oxidation sites excluding steroid dienone is 2. The Balaban J connectivity index is 1.16. The summed E-state index contributed by atoms with van der Waals surface area (Å²) >= 11 is 0. The van der Waals surface area contributed by atoms with Crippen molar-refractivity contribution in [2.75, 3.05) is 34.0 Å². The topological polar surface area (TPSA) is 179 Å². The number of esters is 1. The highest BCUT2D eigenvalue weighted by atomic mass is 16.7. The standard InChI is InChI=1S/C43H64O15/c1-22-10-9-11-28-20-51-40-36(44)24(3)14-31(43(28,40)47)41(46)54-30-15-29(58-42(18-30)21-50-19-25(4)57-42)13-12-23(2)38(22)55-35-17-33(49-8)39(27(6)53-35)56-34-16-32(48-7)37(45)26(5)52-34/h9-12,14,22,25-27,29-40,44-45,47H,13,15-21H2,1-8H3/b10-9+,23-12+,28-11+/t22-,25+,26-,27-,29+,30-,31-,32-,33-,34-,35-,36+,37-,38-,39-,40+,42+,43+/m0/s1. The molecule has 58 heavy (non-hydrogen) atoms. The average Bonchev–Trinajstić information content (AvgIpc) is 3.52. The van der Waals surface area contributed by atoms with Crippen LogP contribution in [0.25, 0.3) is 0 Å². The molecule has 18 atom stereocenters. The summed E-state index contributed by atoms with van der Waals surface area (Å²) in [4.78, 5) is 14.1. The first-order chi connectivity index (χ1) is 27.6. The third-order valence-electron chi connectivity index (χ3n) is 12.9. The molecule has 0 aromatic carbocycles. The molecule has 326 valence electrons. The predicted molar refractivity (Wildman–Crippen MR) is 206 cm³/mol. The smallest absolute Gasteiger partial charge is 0.316 e. The Labute approximate surface area is 341 Å². The number of hydrogen-bond donors (Lipinski definition) is 3. The lowest BCUT2D eigenvalue weighted by molar-refractivity contribution is -0.352. The van der Waals surface area contributed by atoms with Gasteiger partial charge in [-0.1, -0.05) is 37.3 Å². The number of carbonyl (C=O) groups is 1. The fourth-order valence-electron chi connectivity index (χ4n) is 9.76. The van der Waals surface area contributed by atoms with Crippen LogP contribution >= 0.6 is 0 Å². The number of methoxy groups -OCH3 is 2. The number of carbonyl (C=O) groups excluding carboxylic acids is 1. The summed E-state index contributed by atoms with van der Waals surface area (Å²) in [6.07, 6.45) is 3.13. The molecule has 0 amide bonds. The van der Waals surface area contributed by atoms with Crippen LogP contribution in [0.3, 0.4) is 0 Å². The maximum absolute atomic E-state index is 14.1. The molecule has 0 aromatic rings. The second-order valence-corrected chi connectivity index (χ2v) is 17.3. The van der Waals surface area contributed by atoms with Crippen molar-refractivity contribution in [3.8, 4) is 0 Å². The summed E-state index contributed by atoms with van der Waals surface area (Å²) in [7, 11) is 3.20. The first-order valence-electron chi connectivity index (χ1n) is 20.9. The van der Waals surface area contributed by atoms with Gasteiger partial charge in [0.05, 0.1) is 55.9 Å². The van der Waals surface area contributed by atoms with Crippen molar-refractivity contribution in [3.05, 3.63) is 47.1 Å². The molecule has 0 aromatic heterocycles. The van der Waals surface area contributed by atoms with Crippen LogP contribution in [0.4, 0.5) is 0 Å². The van der Waals surface area contributed by atoms with Crippen LogP contribution in [0.1, 0.15) is 73.6 Å². The van der Waals surface area contributed by atoms with Gasteiger partial charge in [-0.15, -0.1) is 0 Å². The molecular weight excluding hydrogens is 756 g/mol. The Bertz CT molecular complexity index is 1580. The van der Waals surface area contributed by atoms with Gasteiger partial charge in [0.1, 0.15) is 48.6 Å². The number of aliphatic hydroxyl groups is 3. The maximum Gasteiger partial charge on any atom is 0.316 e. The van der Waals surface area contributed by atoms with Crippen molar-refractivity contribution in [1.82, 2.24) is 0 Å². The van der Waals surface area contributed by atoms with Gasteiger partial charge in [-0.05, 0) is 57.8 Å². The number of rotatable bonds is 6. The van der Waals surface area contributed by atoms with Gasteiger partial charge in [-0.2, -0.15) is 0 Å². The summed E-state index contributed by atoms with van der Waals surface area (Å²) in [6, 6.07) is 0. The number of ether oxygens (including phenoxy) is 11. The molecule has 6 aliphatic heterocycles. The van der Waals surface area contributed by atoms with Gasteiger partial charge in [-0.3, -0.25) is 4.79 Å². The summed E-state index contributed by atoms with van der Waals surface area (Å²) in [5.74, 6) is -3.03. The fourth-order valence-corrected chi connectivity index (χ4v) is 9.76. The molecule has 15 heteroatoms. The van der Waals surface area contributed by atoms with Crippen molar-refractivity contribution in [3.63, 3.8) is 0 Å². The van der Waals surface area contributed by atoms with E-state index in [1.807, 2.05) is 39.8 Å². The third-order valence-corrected chi connectivity index (χ3v) is 12.9. The van der Waals surface area contributed by atoms with E-state index in [0.29, 0.717) is 43.4 Å². The van der Waals surface area contributed by atoms with Crippen LogP contribution in [0.2, 0.25) is 0 Å². The highest BCUT2D eigenvalue weighted by Crippen LogP contribution is 2.46. The van der Waals surface area contributed by atoms with Gasteiger partial charge >= 0.3 is 5.97 Å². The number of aliphatic hydroxyl groups excluding tert-OH is 2. The molecule has 2 bridgehead atoms. The largest absolute Gasteiger partial charge is 0.462 e. The van der Waals surface area contributed by atoms with Crippen molar-refractivity contribution >= 4 is 5.97 Å². The Morgan fingerprint density at radius 1 is 0.879 bits per heavy atom. The highest BCUT2D eigenvalue weighted by Gasteiger charge is 2.60. The molecule has 7 aliphatic rings. The van der Waals surface area contributed by atoms with Crippen LogP contribution in [-0.2, 0) is 56.9 Å². The third kappa shape index (κ3) is 8.94. The quantitative estimate of drug-likeness (QED) is 0.263. The summed E-state index contributed by atoms with van der Waals surface area (Å²) in [6.45, 7) is 12.1. The van der Waals surface area contributed by atoms with Gasteiger partial charge in [-0.25, -0.2) is 0 Å². The zero-order valence-electron chi connectivity index (χ0n) is 35.0. The first-order valence-corrected chi connectivity index (χ1v) is 20.9. The molecule has 0 unspecified atom stereocenters. The minimum atomic E-state index is -1.83. The number of hydrogen-bond acceptors (Lipinski definition) is 15. The van der Waals surface area contributed by atoms with E-state index in [4.69, 9.17) is 52.1 Å². The van der Waals surface area contributed by atoms with Gasteiger partial charge in [0.2, 0.25) is 0 Å². The first kappa shape index (κ1) is 44.0. The van der Waals surface area contributed by atoms with E-state index >= 15 is 0 Å². The van der Waals surface area contributed by atoms with E-state index in [-0.39, 0.29) is 37.8 Å². The minimum absolute atomic E-state index is 0.0270. The van der Waals surface area contributed by atoms with Crippen molar-refractivity contribution in [2.24, 2.45) is 11.8 Å². The van der Waals surface area contributed by atoms with Gasteiger partial charge in [0.25, 0.3) is 0 Å². The Hall–Kier alpha value is -2.09. The predicted octanol–water partition coefficient (Wildman–Crippen LogP) is 3.18. The van der Waals surface area contributed by atoms with Crippen molar-refractivity contribution in [1.29, 1.82) is 0 Å². The Morgan fingerprint density at radius 2 is 1.60 bits per heavy atom. The van der Waals surface area contributed by atoms with Crippen molar-refractivity contribution in [2.45, 2.75) is 171 Å². The summed E-state index contributed by atoms with van der Waals surface area (Å²) < 4.78 is 68.4. The summed E-state index contributed by atoms with van der Waals surface area (Å²) in [5, 5.41) is 34.0. The maximum atomic E-state index is 14.1. The Kier molecular flexibility index (Phi) is 13.7. The van der Waals surface area contributed by atoms with Gasteiger partial charge in [0.15, 0.2) is 18.4 Å². The molecule has 1 aliphatic carbocycles. The summed E-state index contributed by atoms with van der Waals surface area (Å²) in [5.41, 5.74) is 0.0980. The van der Waals surface area contributed by atoms with E-state index in [9.17, 15) is 20.1 Å². The van der Waals surface area contributed by atoms with E-state index in [2.05, 4.69) is 6.08 Å². The van der Waals surface area contributed by atoms with E-state index in [1.165, 1.54) is 0 Å². The molecule has 15 nitrogen and oxygen atoms in total. The molecule has 0 radical (unpaired) electrons. The molecule has 3 N–H and O–H groups in total. The van der Waals surface area contributed by atoms with Crippen molar-refractivity contribution < 1.29 is 72.2 Å². The molecule has 6 heterocycles. The SMILES string of the molecule is CO[C@H]1C[C@H](O[C@H]2[C@H](C)O[C@@H](O[C@@H]3/C(C)=C/C[C@@H]4C[C@@H](C[C@]5(COC[C@@H](C)O5)O4)OC(=O)[C@@H]4C=C(C)[C@@H](O)[C@H]5OC/C(=C\C=C\[C@@H]3C)[C@]54O)C[C@@H]2OC)O[C@@H](C)[C@@H]1O. The lowest BCUT2D eigenvalue weighted by Gasteiger charge is -2.47. The van der Waals surface area contributed by atoms with E-state index < -0.39 is 96.9 Å². The fraction of sp³-hybridized carbons (Fsp3) is 0.791. The molecule has 5 fully saturated rings. The Morgan fingerprint density at radius 3 is 2.34 bits per heavy atom. The highest BCUT2D eigenvalue weighted by molar-refractivity contribution is 5.78. The lowest BCUT2D eigenvalue weighted by atomic mass is 9.71. The average molecular weight is 821 g/mol. The molecule has 7 rings (SSSR count). The van der Waals surface area contributed by atoms with Gasteiger partial charge < -0.3 is 67.4 Å². The molecular formula is C43H64O15. The minimum Gasteiger partial charge on any atom is -0.462 e. The van der Waals surface area contributed by atoms with Gasteiger partial charge in [0, 0.05) is 45.8 Å². The van der Waals surface area contributed by atoms with E-state index in [1.54, 1.807) is 40.2 Å². The second kappa shape index (κ2) is 18.1. The van der Waals surface area contributed by atoms with E-state index in [0.717, 1.165) is 5.57 Å². The van der Waals surface area contributed by atoms with Crippen LogP contribution in [-0.4, -0.2) is 153 Å². The molecule has 0 saturated carbocycles. The van der Waals surface area contributed by atoms with Crippen LogP contribution in [0, 0.1) is 11.8 Å². The van der Waals surface area contributed by atoms with Crippen LogP contribution in [0.15, 0.2) is 47.1 Å². The zero-order valence-corrected chi connectivity index (χ0v) is 35.0. The molecule has 5 saturated heterocycles. The second-order valence-electron chi connectivity index (χ2n) is 17.3. The zero-order chi connectivity index (χ0) is 41.5. The number of fused-ring (bicyclic) bond motifs is 2. The lowest BCUT2D eigenvalue weighted by Crippen LogP contribution is -2.59. The van der Waals surface area contributed by atoms with Crippen LogP contribution < -0.4 is 0 Å². The monoisotopic (exact) mass is 820 g/mol. The van der Waals surface area contributed by atoms with Crippen LogP contribution in [0.5, 0.6) is 0 Å².